The van der Waals surface area contributed by atoms with E-state index >= 15 is 0 Å². The minimum absolute atomic E-state index is 0.0289. The summed E-state index contributed by atoms with van der Waals surface area (Å²) < 4.78 is 0. The van der Waals surface area contributed by atoms with Gasteiger partial charge in [0.15, 0.2) is 0 Å². The van der Waals surface area contributed by atoms with Crippen molar-refractivity contribution >= 4 is 0 Å². The van der Waals surface area contributed by atoms with Crippen LogP contribution in [0.15, 0.2) is 23.8 Å². The molecule has 2 aliphatic carbocycles. The number of hydrogen-bond acceptors (Lipinski definition) is 1. The summed E-state index contributed by atoms with van der Waals surface area (Å²) in [4.78, 5) is 0. The first-order valence-electron chi connectivity index (χ1n) is 8.80. The zero-order valence-corrected chi connectivity index (χ0v) is 14.9. The van der Waals surface area contributed by atoms with E-state index in [1.807, 2.05) is 0 Å². The third kappa shape index (κ3) is 6.38. The number of allylic oxidation sites excluding steroid dienone is 3. The number of hydrogen-bond donors (Lipinski definition) is 1. The lowest BCUT2D eigenvalue weighted by Gasteiger charge is -2.33. The second-order valence-electron chi connectivity index (χ2n) is 7.76. The molecule has 1 N–H and O–H groups in total. The average molecular weight is 293 g/mol. The van der Waals surface area contributed by atoms with Crippen LogP contribution in [-0.2, 0) is 0 Å². The summed E-state index contributed by atoms with van der Waals surface area (Å²) >= 11 is 0. The zero-order valence-electron chi connectivity index (χ0n) is 14.9. The topological polar surface area (TPSA) is 20.2 Å². The summed E-state index contributed by atoms with van der Waals surface area (Å²) in [6.07, 6.45) is 9.68. The molecule has 2 aliphatic rings. The fraction of sp³-hybridized carbons (Fsp3) is 0.800. The van der Waals surface area contributed by atoms with E-state index in [9.17, 15) is 5.11 Å². The fourth-order valence-electron chi connectivity index (χ4n) is 3.56. The number of aliphatic hydroxyl groups is 1. The molecular formula is C20H36O. The molecular weight excluding hydrogens is 256 g/mol. The first-order valence-corrected chi connectivity index (χ1v) is 8.80. The Labute approximate surface area is 132 Å². The molecule has 1 nitrogen and oxygen atoms in total. The summed E-state index contributed by atoms with van der Waals surface area (Å²) in [6, 6.07) is 0. The lowest BCUT2D eigenvalue weighted by atomic mass is 9.75. The maximum atomic E-state index is 9.71. The molecule has 0 aliphatic heterocycles. The molecule has 0 aromatic carbocycles. The molecule has 1 fully saturated rings. The van der Waals surface area contributed by atoms with Gasteiger partial charge in [-0.15, -0.1) is 0 Å². The van der Waals surface area contributed by atoms with Crippen LogP contribution in [0.1, 0.15) is 73.1 Å². The molecule has 1 heteroatoms. The van der Waals surface area contributed by atoms with Crippen molar-refractivity contribution in [1.82, 2.24) is 0 Å². The van der Waals surface area contributed by atoms with Gasteiger partial charge in [0, 0.05) is 0 Å². The second kappa shape index (κ2) is 8.78. The molecule has 1 saturated carbocycles. The minimum atomic E-state index is -0.0289. The Bertz CT molecular complexity index is 353. The van der Waals surface area contributed by atoms with Gasteiger partial charge in [0.2, 0.25) is 0 Å². The molecule has 2 rings (SSSR count). The molecule has 0 spiro atoms. The Balaban J connectivity index is 0.000000211. The lowest BCUT2D eigenvalue weighted by Crippen LogP contribution is -2.31. The fourth-order valence-corrected chi connectivity index (χ4v) is 3.56. The molecule has 122 valence electrons. The van der Waals surface area contributed by atoms with Gasteiger partial charge in [-0.2, -0.15) is 0 Å². The first-order chi connectivity index (χ1) is 9.81. The average Bonchev–Trinajstić information content (AvgIpc) is 2.39. The summed E-state index contributed by atoms with van der Waals surface area (Å²) in [5, 5.41) is 9.71. The Morgan fingerprint density at radius 3 is 2.38 bits per heavy atom. The van der Waals surface area contributed by atoms with E-state index in [2.05, 4.69) is 47.3 Å². The normalized spacial score (nSPS) is 33.0. The molecule has 0 aromatic rings. The van der Waals surface area contributed by atoms with Gasteiger partial charge in [0.25, 0.3) is 0 Å². The first kappa shape index (κ1) is 18.5. The quantitative estimate of drug-likeness (QED) is 0.643. The second-order valence-corrected chi connectivity index (χ2v) is 7.76. The predicted octanol–water partition coefficient (Wildman–Crippen LogP) is 5.75. The van der Waals surface area contributed by atoms with Gasteiger partial charge in [-0.05, 0) is 69.6 Å². The van der Waals surface area contributed by atoms with E-state index in [-0.39, 0.29) is 6.10 Å². The summed E-state index contributed by atoms with van der Waals surface area (Å²) in [7, 11) is 0. The summed E-state index contributed by atoms with van der Waals surface area (Å²) in [5.41, 5.74) is 2.90. The van der Waals surface area contributed by atoms with E-state index < -0.39 is 0 Å². The molecule has 0 radical (unpaired) electrons. The van der Waals surface area contributed by atoms with Crippen LogP contribution in [0.2, 0.25) is 0 Å². The van der Waals surface area contributed by atoms with Crippen LogP contribution in [0.5, 0.6) is 0 Å². The van der Waals surface area contributed by atoms with Crippen molar-refractivity contribution in [3.63, 3.8) is 0 Å². The third-order valence-corrected chi connectivity index (χ3v) is 5.32. The van der Waals surface area contributed by atoms with E-state index in [0.29, 0.717) is 11.8 Å². The number of rotatable bonds is 2. The zero-order chi connectivity index (χ0) is 16.0. The molecule has 0 amide bonds. The van der Waals surface area contributed by atoms with Gasteiger partial charge in [0.05, 0.1) is 6.10 Å². The maximum Gasteiger partial charge on any atom is 0.0573 e. The highest BCUT2D eigenvalue weighted by Crippen LogP contribution is 2.33. The SMILES string of the molecule is C=C(C)C1CC=C(C)CC1.CC1CCC(C(C)C)C(O)C1. The van der Waals surface area contributed by atoms with Crippen LogP contribution in [0.25, 0.3) is 0 Å². The van der Waals surface area contributed by atoms with Crippen LogP contribution < -0.4 is 0 Å². The van der Waals surface area contributed by atoms with Crippen LogP contribution in [0.3, 0.4) is 0 Å². The van der Waals surface area contributed by atoms with Crippen molar-refractivity contribution in [3.8, 4) is 0 Å². The van der Waals surface area contributed by atoms with Gasteiger partial charge < -0.3 is 5.11 Å². The van der Waals surface area contributed by atoms with Gasteiger partial charge >= 0.3 is 0 Å². The van der Waals surface area contributed by atoms with Gasteiger partial charge in [-0.1, -0.05) is 51.0 Å². The highest BCUT2D eigenvalue weighted by Gasteiger charge is 2.28. The van der Waals surface area contributed by atoms with Gasteiger partial charge in [0.1, 0.15) is 0 Å². The highest BCUT2D eigenvalue weighted by molar-refractivity contribution is 5.09. The maximum absolute atomic E-state index is 9.71. The standard InChI is InChI=1S/C10H20O.C10H16/c1-7(2)9-5-4-8(3)6-10(9)11;1-8(2)10-6-4-9(3)5-7-10/h7-11H,4-6H2,1-3H3;4,10H,1,5-7H2,2-3H3. The van der Waals surface area contributed by atoms with E-state index in [1.54, 1.807) is 5.57 Å². The smallest absolute Gasteiger partial charge is 0.0573 e. The van der Waals surface area contributed by atoms with Crippen molar-refractivity contribution in [2.45, 2.75) is 79.2 Å². The molecule has 21 heavy (non-hydrogen) atoms. The molecule has 4 unspecified atom stereocenters. The van der Waals surface area contributed by atoms with E-state index in [0.717, 1.165) is 18.3 Å². The van der Waals surface area contributed by atoms with Crippen molar-refractivity contribution in [2.75, 3.05) is 0 Å². The molecule has 0 bridgehead atoms. The van der Waals surface area contributed by atoms with Crippen LogP contribution in [0.4, 0.5) is 0 Å². The van der Waals surface area contributed by atoms with E-state index in [1.165, 1.54) is 37.7 Å². The Morgan fingerprint density at radius 1 is 1.29 bits per heavy atom. The van der Waals surface area contributed by atoms with Crippen LogP contribution in [-0.4, -0.2) is 11.2 Å². The molecule has 0 saturated heterocycles. The summed E-state index contributed by atoms with van der Waals surface area (Å²) in [5.74, 6) is 2.72. The van der Waals surface area contributed by atoms with E-state index in [4.69, 9.17) is 0 Å². The highest BCUT2D eigenvalue weighted by atomic mass is 16.3. The van der Waals surface area contributed by atoms with Crippen LogP contribution in [0, 0.1) is 23.7 Å². The predicted molar refractivity (Wildman–Crippen MR) is 93.3 cm³/mol. The van der Waals surface area contributed by atoms with Gasteiger partial charge in [-0.3, -0.25) is 0 Å². The van der Waals surface area contributed by atoms with Crippen LogP contribution >= 0.6 is 0 Å². The van der Waals surface area contributed by atoms with Crippen molar-refractivity contribution in [2.24, 2.45) is 23.7 Å². The monoisotopic (exact) mass is 292 g/mol. The van der Waals surface area contributed by atoms with Crippen molar-refractivity contribution in [3.05, 3.63) is 23.8 Å². The Morgan fingerprint density at radius 2 is 1.95 bits per heavy atom. The van der Waals surface area contributed by atoms with Gasteiger partial charge in [-0.25, -0.2) is 0 Å². The number of aliphatic hydroxyl groups excluding tert-OH is 1. The summed E-state index contributed by atoms with van der Waals surface area (Å²) in [6.45, 7) is 15.0. The minimum Gasteiger partial charge on any atom is -0.393 e. The van der Waals surface area contributed by atoms with Crippen molar-refractivity contribution < 1.29 is 5.11 Å². The Kier molecular flexibility index (Phi) is 7.73. The molecule has 0 aromatic heterocycles. The largest absolute Gasteiger partial charge is 0.393 e. The lowest BCUT2D eigenvalue weighted by molar-refractivity contribution is 0.0266. The molecule has 0 heterocycles. The van der Waals surface area contributed by atoms with Crippen molar-refractivity contribution in [1.29, 1.82) is 0 Å². The third-order valence-electron chi connectivity index (χ3n) is 5.32. The Hall–Kier alpha value is -0.560. The molecule has 4 atom stereocenters.